The first-order valence-electron chi connectivity index (χ1n) is 7.38. The lowest BCUT2D eigenvalue weighted by Gasteiger charge is -2.11. The predicted molar refractivity (Wildman–Crippen MR) is 91.8 cm³/mol. The molecule has 9 nitrogen and oxygen atoms in total. The molecule has 0 fully saturated rings. The number of carbonyl (C=O) groups is 1. The van der Waals surface area contributed by atoms with E-state index in [0.717, 1.165) is 0 Å². The number of nitrogens with one attached hydrogen (secondary N) is 1. The van der Waals surface area contributed by atoms with Gasteiger partial charge < -0.3 is 20.9 Å². The van der Waals surface area contributed by atoms with Crippen molar-refractivity contribution >= 4 is 34.7 Å². The average molecular weight is 363 g/mol. The number of rotatable bonds is 6. The van der Waals surface area contributed by atoms with Crippen LogP contribution in [0.1, 0.15) is 16.8 Å². The maximum atomic E-state index is 12.6. The first-order chi connectivity index (χ1) is 12.1. The number of nitrogens with two attached hydrogens (primary N) is 1. The van der Waals surface area contributed by atoms with Gasteiger partial charge in [0.25, 0.3) is 5.91 Å². The summed E-state index contributed by atoms with van der Waals surface area (Å²) in [5.74, 6) is -0.0379. The molecule has 1 amide bonds. The maximum Gasteiger partial charge on any atom is 0.263 e. The van der Waals surface area contributed by atoms with E-state index in [1.54, 1.807) is 6.07 Å². The number of fused-ring (bicyclic) bond motifs is 1. The van der Waals surface area contributed by atoms with Crippen LogP contribution >= 0.6 is 11.6 Å². The Bertz CT molecular complexity index is 913. The molecule has 0 unspecified atom stereocenters. The number of anilines is 2. The van der Waals surface area contributed by atoms with Gasteiger partial charge >= 0.3 is 0 Å². The van der Waals surface area contributed by atoms with Crippen LogP contribution in [-0.4, -0.2) is 43.8 Å². The minimum Gasteiger partial charge on any atom is -0.491 e. The fourth-order valence-corrected chi connectivity index (χ4v) is 2.32. The maximum absolute atomic E-state index is 12.6. The summed E-state index contributed by atoms with van der Waals surface area (Å²) in [5, 5.41) is 15.9. The van der Waals surface area contributed by atoms with Gasteiger partial charge in [0.15, 0.2) is 11.5 Å². The van der Waals surface area contributed by atoms with Crippen LogP contribution in [0, 0.1) is 0 Å². The normalized spacial score (nSPS) is 10.8. The first kappa shape index (κ1) is 16.9. The molecule has 25 heavy (non-hydrogen) atoms. The number of amides is 1. The third kappa shape index (κ3) is 3.62. The summed E-state index contributed by atoms with van der Waals surface area (Å²) in [4.78, 5) is 20.7. The molecule has 0 aliphatic rings. The number of ether oxygens (including phenoxy) is 1. The summed E-state index contributed by atoms with van der Waals surface area (Å²) in [5.41, 5.74) is 6.63. The van der Waals surface area contributed by atoms with Gasteiger partial charge in [-0.1, -0.05) is 11.6 Å². The molecule has 0 bridgehead atoms. The molecule has 0 aliphatic carbocycles. The Balaban J connectivity index is 1.87. The predicted octanol–water partition coefficient (Wildman–Crippen LogP) is 1.37. The van der Waals surface area contributed by atoms with Gasteiger partial charge in [0.1, 0.15) is 17.0 Å². The van der Waals surface area contributed by atoms with Crippen LogP contribution in [0.2, 0.25) is 5.02 Å². The van der Waals surface area contributed by atoms with E-state index in [1.165, 1.54) is 29.3 Å². The number of nitrogens with zero attached hydrogens (tertiary/aromatic N) is 4. The fraction of sp³-hybridized carbons (Fsp3) is 0.200. The van der Waals surface area contributed by atoms with Crippen molar-refractivity contribution in [3.63, 3.8) is 0 Å². The van der Waals surface area contributed by atoms with Gasteiger partial charge in [0.2, 0.25) is 0 Å². The molecule has 0 aliphatic heterocycles. The molecule has 130 valence electrons. The molecule has 4 N–H and O–H groups in total. The van der Waals surface area contributed by atoms with Crippen molar-refractivity contribution in [2.24, 2.45) is 0 Å². The fourth-order valence-electron chi connectivity index (χ4n) is 2.18. The van der Waals surface area contributed by atoms with Crippen molar-refractivity contribution in [3.05, 3.63) is 41.4 Å². The average Bonchev–Trinajstić information content (AvgIpc) is 2.91. The molecular formula is C15H15ClN6O3. The zero-order valence-electron chi connectivity index (χ0n) is 13.0. The number of nitrogen functional groups attached to an aromatic ring is 1. The highest BCUT2D eigenvalue weighted by Crippen LogP contribution is 2.25. The quantitative estimate of drug-likeness (QED) is 0.565. The third-order valence-electron chi connectivity index (χ3n) is 3.28. The van der Waals surface area contributed by atoms with E-state index in [9.17, 15) is 4.79 Å². The number of pyridine rings is 1. The molecular weight excluding hydrogens is 348 g/mol. The SMILES string of the molecule is Nc1nn2cc(Cl)cnc2c1C(=O)Nc1cnccc1OCCCO. The van der Waals surface area contributed by atoms with Crippen LogP contribution in [-0.2, 0) is 0 Å². The minimum atomic E-state index is -0.498. The second-order valence-electron chi connectivity index (χ2n) is 5.05. The van der Waals surface area contributed by atoms with Crippen LogP contribution < -0.4 is 15.8 Å². The summed E-state index contributed by atoms with van der Waals surface area (Å²) in [7, 11) is 0. The van der Waals surface area contributed by atoms with Crippen molar-refractivity contribution < 1.29 is 14.6 Å². The van der Waals surface area contributed by atoms with Crippen molar-refractivity contribution in [2.45, 2.75) is 6.42 Å². The molecule has 0 saturated heterocycles. The van der Waals surface area contributed by atoms with Crippen LogP contribution in [0.25, 0.3) is 5.65 Å². The Hall–Kier alpha value is -2.91. The minimum absolute atomic E-state index is 0.0138. The van der Waals surface area contributed by atoms with Gasteiger partial charge in [0, 0.05) is 31.5 Å². The number of hydrogen-bond donors (Lipinski definition) is 3. The topological polar surface area (TPSA) is 128 Å². The van der Waals surface area contributed by atoms with E-state index in [0.29, 0.717) is 29.5 Å². The zero-order chi connectivity index (χ0) is 17.8. The molecule has 3 rings (SSSR count). The number of carbonyl (C=O) groups excluding carboxylic acids is 1. The van der Waals surface area contributed by atoms with E-state index in [2.05, 4.69) is 20.4 Å². The summed E-state index contributed by atoms with van der Waals surface area (Å²) in [6, 6.07) is 1.62. The van der Waals surface area contributed by atoms with E-state index < -0.39 is 5.91 Å². The van der Waals surface area contributed by atoms with Crippen LogP contribution in [0.5, 0.6) is 5.75 Å². The summed E-state index contributed by atoms with van der Waals surface area (Å²) < 4.78 is 6.87. The van der Waals surface area contributed by atoms with Crippen molar-refractivity contribution in [1.82, 2.24) is 19.6 Å². The Morgan fingerprint density at radius 1 is 1.44 bits per heavy atom. The second kappa shape index (κ2) is 7.32. The van der Waals surface area contributed by atoms with Gasteiger partial charge in [-0.15, -0.1) is 5.10 Å². The summed E-state index contributed by atoms with van der Waals surface area (Å²) in [6.45, 7) is 0.322. The Labute approximate surface area is 147 Å². The van der Waals surface area contributed by atoms with Crippen molar-refractivity contribution in [2.75, 3.05) is 24.3 Å². The van der Waals surface area contributed by atoms with E-state index >= 15 is 0 Å². The number of hydrogen-bond acceptors (Lipinski definition) is 7. The lowest BCUT2D eigenvalue weighted by molar-refractivity contribution is 0.102. The third-order valence-corrected chi connectivity index (χ3v) is 3.48. The lowest BCUT2D eigenvalue weighted by atomic mass is 10.2. The van der Waals surface area contributed by atoms with Crippen molar-refractivity contribution in [1.29, 1.82) is 0 Å². The molecule has 0 aromatic carbocycles. The summed E-state index contributed by atoms with van der Waals surface area (Å²) >= 11 is 5.86. The van der Waals surface area contributed by atoms with Gasteiger partial charge in [-0.05, 0) is 0 Å². The standard InChI is InChI=1S/C15H15ClN6O3/c16-9-6-19-14-12(13(17)21-22(14)8-9)15(24)20-10-7-18-3-2-11(10)25-5-1-4-23/h2-3,6-8,23H,1,4-5H2,(H2,17,21)(H,20,24). The molecule has 0 radical (unpaired) electrons. The highest BCUT2D eigenvalue weighted by Gasteiger charge is 2.20. The number of aliphatic hydroxyl groups is 1. The smallest absolute Gasteiger partial charge is 0.263 e. The second-order valence-corrected chi connectivity index (χ2v) is 5.49. The Morgan fingerprint density at radius 2 is 2.28 bits per heavy atom. The van der Waals surface area contributed by atoms with Gasteiger partial charge in [0.05, 0.1) is 24.0 Å². The monoisotopic (exact) mass is 362 g/mol. The molecule has 3 aromatic heterocycles. The van der Waals surface area contributed by atoms with Gasteiger partial charge in [-0.3, -0.25) is 9.78 Å². The van der Waals surface area contributed by atoms with E-state index in [4.69, 9.17) is 27.2 Å². The zero-order valence-corrected chi connectivity index (χ0v) is 13.8. The van der Waals surface area contributed by atoms with Gasteiger partial charge in [-0.2, -0.15) is 0 Å². The van der Waals surface area contributed by atoms with Gasteiger partial charge in [-0.25, -0.2) is 9.50 Å². The first-order valence-corrected chi connectivity index (χ1v) is 7.76. The number of aliphatic hydroxyl groups excluding tert-OH is 1. The summed E-state index contributed by atoms with van der Waals surface area (Å²) in [6.07, 6.45) is 6.38. The molecule has 3 aromatic rings. The molecule has 3 heterocycles. The lowest BCUT2D eigenvalue weighted by Crippen LogP contribution is -2.15. The molecule has 0 saturated carbocycles. The Morgan fingerprint density at radius 3 is 3.08 bits per heavy atom. The van der Waals surface area contributed by atoms with Crippen LogP contribution in [0.15, 0.2) is 30.9 Å². The highest BCUT2D eigenvalue weighted by molar-refractivity contribution is 6.30. The van der Waals surface area contributed by atoms with E-state index in [1.807, 2.05) is 0 Å². The molecule has 10 heteroatoms. The Kier molecular flexibility index (Phi) is 4.96. The highest BCUT2D eigenvalue weighted by atomic mass is 35.5. The van der Waals surface area contributed by atoms with Crippen LogP contribution in [0.4, 0.5) is 11.5 Å². The molecule has 0 spiro atoms. The van der Waals surface area contributed by atoms with Crippen LogP contribution in [0.3, 0.4) is 0 Å². The van der Waals surface area contributed by atoms with Crippen molar-refractivity contribution in [3.8, 4) is 5.75 Å². The largest absolute Gasteiger partial charge is 0.491 e. The number of aromatic nitrogens is 4. The molecule has 0 atom stereocenters. The number of halogens is 1. The van der Waals surface area contributed by atoms with E-state index in [-0.39, 0.29) is 23.6 Å².